The zero-order valence-electron chi connectivity index (χ0n) is 14.1. The largest absolute Gasteiger partial charge is 0.279 e. The quantitative estimate of drug-likeness (QED) is 0.544. The van der Waals surface area contributed by atoms with Crippen molar-refractivity contribution in [3.8, 4) is 17.3 Å². The molecular weight excluding hydrogens is 310 g/mol. The fourth-order valence-electron chi connectivity index (χ4n) is 2.44. The Labute approximate surface area is 147 Å². The van der Waals surface area contributed by atoms with Crippen molar-refractivity contribution >= 4 is 11.9 Å². The third kappa shape index (κ3) is 4.33. The van der Waals surface area contributed by atoms with Crippen LogP contribution in [0.1, 0.15) is 17.5 Å². The number of hydrogen-bond donors (Lipinski definition) is 1. The first kappa shape index (κ1) is 16.5. The standard InChI is InChI=1S/C20H19N5/c1-16-8-10-19(11-9-16)23-22-14-18-15-25(13-5-12-21)24-20(18)17-6-3-2-4-7-17/h2-4,6-11,14-15,23H,5,13H2,1H3/b22-14-. The summed E-state index contributed by atoms with van der Waals surface area (Å²) in [4.78, 5) is 0. The lowest BCUT2D eigenvalue weighted by molar-refractivity contribution is 0.629. The van der Waals surface area contributed by atoms with Crippen molar-refractivity contribution in [3.63, 3.8) is 0 Å². The van der Waals surface area contributed by atoms with Crippen LogP contribution < -0.4 is 5.43 Å². The lowest BCUT2D eigenvalue weighted by atomic mass is 10.1. The van der Waals surface area contributed by atoms with Gasteiger partial charge in [0.05, 0.1) is 30.9 Å². The van der Waals surface area contributed by atoms with E-state index in [4.69, 9.17) is 5.26 Å². The van der Waals surface area contributed by atoms with Gasteiger partial charge in [-0.25, -0.2) is 0 Å². The van der Waals surface area contributed by atoms with Gasteiger partial charge in [-0.1, -0.05) is 48.0 Å². The molecule has 0 fully saturated rings. The highest BCUT2D eigenvalue weighted by molar-refractivity contribution is 5.88. The maximum absolute atomic E-state index is 8.78. The zero-order chi connectivity index (χ0) is 17.5. The van der Waals surface area contributed by atoms with Crippen LogP contribution in [0.4, 0.5) is 5.69 Å². The smallest absolute Gasteiger partial charge is 0.101 e. The average Bonchev–Trinajstić information content (AvgIpc) is 3.05. The molecular formula is C20H19N5. The Morgan fingerprint density at radius 1 is 1.16 bits per heavy atom. The van der Waals surface area contributed by atoms with Crippen LogP contribution in [0, 0.1) is 18.3 Å². The lowest BCUT2D eigenvalue weighted by Crippen LogP contribution is -1.97. The number of aromatic nitrogens is 2. The number of benzene rings is 2. The molecule has 2 aromatic carbocycles. The second-order valence-electron chi connectivity index (χ2n) is 5.71. The Morgan fingerprint density at radius 3 is 2.64 bits per heavy atom. The highest BCUT2D eigenvalue weighted by atomic mass is 15.3. The summed E-state index contributed by atoms with van der Waals surface area (Å²) in [5.41, 5.74) is 7.95. The van der Waals surface area contributed by atoms with E-state index in [0.717, 1.165) is 22.5 Å². The zero-order valence-corrected chi connectivity index (χ0v) is 14.1. The first-order valence-electron chi connectivity index (χ1n) is 8.12. The SMILES string of the molecule is Cc1ccc(N/N=C\c2cn(CCC#N)nc2-c2ccccc2)cc1. The van der Waals surface area contributed by atoms with Gasteiger partial charge in [-0.2, -0.15) is 15.5 Å². The molecule has 5 nitrogen and oxygen atoms in total. The summed E-state index contributed by atoms with van der Waals surface area (Å²) in [6, 6.07) is 20.2. The molecule has 3 rings (SSSR count). The van der Waals surface area contributed by atoms with Gasteiger partial charge in [0.15, 0.2) is 0 Å². The molecule has 0 unspecified atom stereocenters. The number of anilines is 1. The van der Waals surface area contributed by atoms with Crippen LogP contribution in [0.3, 0.4) is 0 Å². The summed E-state index contributed by atoms with van der Waals surface area (Å²) in [5.74, 6) is 0. The fourth-order valence-corrected chi connectivity index (χ4v) is 2.44. The molecule has 0 aliphatic rings. The minimum Gasteiger partial charge on any atom is -0.279 e. The molecule has 124 valence electrons. The molecule has 1 aromatic heterocycles. The second kappa shape index (κ2) is 7.93. The number of hydrogen-bond acceptors (Lipinski definition) is 4. The van der Waals surface area contributed by atoms with Gasteiger partial charge in [-0.05, 0) is 19.1 Å². The second-order valence-corrected chi connectivity index (χ2v) is 5.71. The molecule has 3 aromatic rings. The number of aryl methyl sites for hydroxylation is 2. The molecule has 0 radical (unpaired) electrons. The number of nitriles is 1. The molecule has 0 atom stereocenters. The Balaban J connectivity index is 1.83. The maximum Gasteiger partial charge on any atom is 0.101 e. The number of nitrogens with one attached hydrogen (secondary N) is 1. The Kier molecular flexibility index (Phi) is 5.22. The van der Waals surface area contributed by atoms with Crippen molar-refractivity contribution in [3.05, 3.63) is 71.9 Å². The predicted molar refractivity (Wildman–Crippen MR) is 100 cm³/mol. The molecule has 0 bridgehead atoms. The summed E-state index contributed by atoms with van der Waals surface area (Å²) in [7, 11) is 0. The molecule has 0 aliphatic carbocycles. The van der Waals surface area contributed by atoms with Crippen LogP contribution in [0.5, 0.6) is 0 Å². The van der Waals surface area contributed by atoms with Gasteiger partial charge in [-0.15, -0.1) is 0 Å². The van der Waals surface area contributed by atoms with Crippen molar-refractivity contribution in [1.82, 2.24) is 9.78 Å². The van der Waals surface area contributed by atoms with Crippen molar-refractivity contribution in [2.75, 3.05) is 5.43 Å². The van der Waals surface area contributed by atoms with Gasteiger partial charge in [0.25, 0.3) is 0 Å². The summed E-state index contributed by atoms with van der Waals surface area (Å²) < 4.78 is 1.79. The van der Waals surface area contributed by atoms with Crippen LogP contribution in [0.25, 0.3) is 11.3 Å². The fraction of sp³-hybridized carbons (Fsp3) is 0.150. The summed E-state index contributed by atoms with van der Waals surface area (Å²) in [5, 5.41) is 17.7. The van der Waals surface area contributed by atoms with Crippen molar-refractivity contribution in [2.45, 2.75) is 19.9 Å². The van der Waals surface area contributed by atoms with Gasteiger partial charge < -0.3 is 0 Å². The topological polar surface area (TPSA) is 66.0 Å². The molecule has 0 amide bonds. The van der Waals surface area contributed by atoms with E-state index < -0.39 is 0 Å². The Hall–Kier alpha value is -3.39. The van der Waals surface area contributed by atoms with Crippen molar-refractivity contribution in [1.29, 1.82) is 5.26 Å². The number of hydrazone groups is 1. The molecule has 0 aliphatic heterocycles. The average molecular weight is 329 g/mol. The van der Waals surface area contributed by atoms with E-state index in [2.05, 4.69) is 28.6 Å². The van der Waals surface area contributed by atoms with Gasteiger partial charge >= 0.3 is 0 Å². The van der Waals surface area contributed by atoms with E-state index >= 15 is 0 Å². The lowest BCUT2D eigenvalue weighted by Gasteiger charge is -2.00. The van der Waals surface area contributed by atoms with E-state index in [1.54, 1.807) is 10.9 Å². The number of rotatable bonds is 6. The van der Waals surface area contributed by atoms with Crippen LogP contribution in [0.15, 0.2) is 65.9 Å². The number of nitrogens with zero attached hydrogens (tertiary/aromatic N) is 4. The van der Waals surface area contributed by atoms with Gasteiger partial charge in [0, 0.05) is 17.3 Å². The molecule has 0 saturated heterocycles. The minimum atomic E-state index is 0.425. The molecule has 1 heterocycles. The highest BCUT2D eigenvalue weighted by Gasteiger charge is 2.09. The van der Waals surface area contributed by atoms with E-state index in [-0.39, 0.29) is 0 Å². The minimum absolute atomic E-state index is 0.425. The predicted octanol–water partition coefficient (Wildman–Crippen LogP) is 4.22. The Morgan fingerprint density at radius 2 is 1.92 bits per heavy atom. The molecule has 25 heavy (non-hydrogen) atoms. The molecule has 1 N–H and O–H groups in total. The van der Waals surface area contributed by atoms with Crippen LogP contribution in [0.2, 0.25) is 0 Å². The van der Waals surface area contributed by atoms with E-state index in [1.165, 1.54) is 5.56 Å². The van der Waals surface area contributed by atoms with Crippen molar-refractivity contribution < 1.29 is 0 Å². The van der Waals surface area contributed by atoms with Crippen LogP contribution in [-0.4, -0.2) is 16.0 Å². The first-order valence-corrected chi connectivity index (χ1v) is 8.12. The molecule has 5 heteroatoms. The molecule has 0 spiro atoms. The summed E-state index contributed by atoms with van der Waals surface area (Å²) >= 11 is 0. The van der Waals surface area contributed by atoms with E-state index in [1.807, 2.05) is 60.8 Å². The normalized spacial score (nSPS) is 10.7. The van der Waals surface area contributed by atoms with Gasteiger partial charge in [0.2, 0.25) is 0 Å². The third-order valence-corrected chi connectivity index (χ3v) is 3.74. The van der Waals surface area contributed by atoms with Crippen LogP contribution in [-0.2, 0) is 6.54 Å². The monoisotopic (exact) mass is 329 g/mol. The van der Waals surface area contributed by atoms with Gasteiger partial charge in [0.1, 0.15) is 5.69 Å². The van der Waals surface area contributed by atoms with Crippen LogP contribution >= 0.6 is 0 Å². The highest BCUT2D eigenvalue weighted by Crippen LogP contribution is 2.21. The third-order valence-electron chi connectivity index (χ3n) is 3.74. The van der Waals surface area contributed by atoms with E-state index in [9.17, 15) is 0 Å². The summed E-state index contributed by atoms with van der Waals surface area (Å²) in [6.45, 7) is 2.62. The first-order chi connectivity index (χ1) is 12.3. The van der Waals surface area contributed by atoms with Crippen molar-refractivity contribution in [2.24, 2.45) is 5.10 Å². The summed E-state index contributed by atoms with van der Waals surface area (Å²) in [6.07, 6.45) is 4.10. The van der Waals surface area contributed by atoms with Gasteiger partial charge in [-0.3, -0.25) is 10.1 Å². The maximum atomic E-state index is 8.78. The molecule has 0 saturated carbocycles. The van der Waals surface area contributed by atoms with E-state index in [0.29, 0.717) is 13.0 Å². The Bertz CT molecular complexity index is 886.